The molecule has 0 aliphatic heterocycles. The van der Waals surface area contributed by atoms with Crippen LogP contribution in [-0.2, 0) is 14.9 Å². The van der Waals surface area contributed by atoms with E-state index in [1.165, 1.54) is 123 Å². The summed E-state index contributed by atoms with van der Waals surface area (Å²) in [7, 11) is 0. The Bertz CT molecular complexity index is 1140. The Morgan fingerprint density at radius 1 is 0.585 bits per heavy atom. The summed E-state index contributed by atoms with van der Waals surface area (Å²) < 4.78 is 5.54. The Morgan fingerprint density at radius 3 is 1.63 bits per heavy atom. The van der Waals surface area contributed by atoms with Gasteiger partial charge >= 0.3 is 5.97 Å². The molecule has 0 unspecified atom stereocenters. The smallest absolute Gasteiger partial charge is 0.305 e. The lowest BCUT2D eigenvalue weighted by Crippen LogP contribution is -2.18. The lowest BCUT2D eigenvalue weighted by atomic mass is 9.79. The molecule has 3 rings (SSSR count). The van der Waals surface area contributed by atoms with Crippen molar-refractivity contribution < 1.29 is 9.53 Å². The van der Waals surface area contributed by atoms with Gasteiger partial charge in [-0.1, -0.05) is 160 Å². The summed E-state index contributed by atoms with van der Waals surface area (Å²) >= 11 is 0. The highest BCUT2D eigenvalue weighted by molar-refractivity contribution is 5.98. The number of carbonyl (C=O) groups excluding carboxylic acids is 1. The van der Waals surface area contributed by atoms with Crippen molar-refractivity contribution in [2.75, 3.05) is 6.61 Å². The van der Waals surface area contributed by atoms with E-state index >= 15 is 0 Å². The van der Waals surface area contributed by atoms with Gasteiger partial charge in [-0.05, 0) is 63.9 Å². The topological polar surface area (TPSA) is 26.3 Å². The molecule has 3 aromatic rings. The lowest BCUT2D eigenvalue weighted by molar-refractivity contribution is -0.143. The minimum atomic E-state index is -0.0354. The highest BCUT2D eigenvalue weighted by Gasteiger charge is 2.21. The SMILES string of the molecule is CCCCCCCCCCCCCCCCCCOC(=O)CCCC(C)(C)c1ccc2cc3ccccc3cc2c1. The maximum absolute atomic E-state index is 12.3. The molecule has 0 spiro atoms. The first-order chi connectivity index (χ1) is 20.0. The van der Waals surface area contributed by atoms with E-state index in [4.69, 9.17) is 4.74 Å². The molecule has 0 aromatic heterocycles. The van der Waals surface area contributed by atoms with Crippen molar-refractivity contribution in [3.05, 3.63) is 60.2 Å². The molecule has 226 valence electrons. The third-order valence-electron chi connectivity index (χ3n) is 8.93. The highest BCUT2D eigenvalue weighted by Crippen LogP contribution is 2.32. The average molecular weight is 559 g/mol. The van der Waals surface area contributed by atoms with Crippen molar-refractivity contribution in [1.29, 1.82) is 0 Å². The van der Waals surface area contributed by atoms with Crippen LogP contribution in [0.1, 0.15) is 148 Å². The summed E-state index contributed by atoms with van der Waals surface area (Å²) in [5.74, 6) is -0.0354. The Hall–Kier alpha value is -2.35. The van der Waals surface area contributed by atoms with Crippen LogP contribution in [0.5, 0.6) is 0 Å². The first-order valence-corrected chi connectivity index (χ1v) is 17.1. The van der Waals surface area contributed by atoms with Gasteiger partial charge < -0.3 is 4.74 Å². The molecule has 0 atom stereocenters. The van der Waals surface area contributed by atoms with Crippen LogP contribution in [0.3, 0.4) is 0 Å². The first-order valence-electron chi connectivity index (χ1n) is 17.1. The van der Waals surface area contributed by atoms with E-state index in [0.29, 0.717) is 13.0 Å². The quantitative estimate of drug-likeness (QED) is 0.0696. The van der Waals surface area contributed by atoms with Gasteiger partial charge in [0.2, 0.25) is 0 Å². The number of esters is 1. The van der Waals surface area contributed by atoms with E-state index in [2.05, 4.69) is 75.4 Å². The first kappa shape index (κ1) is 33.2. The molecular formula is C39H58O2. The summed E-state index contributed by atoms with van der Waals surface area (Å²) in [6.07, 6.45) is 24.1. The summed E-state index contributed by atoms with van der Waals surface area (Å²) in [6.45, 7) is 7.45. The van der Waals surface area contributed by atoms with E-state index in [0.717, 1.165) is 19.3 Å². The molecule has 2 nitrogen and oxygen atoms in total. The summed E-state index contributed by atoms with van der Waals surface area (Å²) in [6, 6.07) is 19.9. The van der Waals surface area contributed by atoms with Gasteiger partial charge in [-0.15, -0.1) is 0 Å². The molecule has 0 amide bonds. The molecule has 0 saturated carbocycles. The maximum atomic E-state index is 12.3. The Balaban J connectivity index is 1.18. The summed E-state index contributed by atoms with van der Waals surface area (Å²) in [4.78, 5) is 12.3. The molecule has 3 aromatic carbocycles. The van der Waals surface area contributed by atoms with E-state index in [-0.39, 0.29) is 11.4 Å². The van der Waals surface area contributed by atoms with Crippen LogP contribution in [0.4, 0.5) is 0 Å². The van der Waals surface area contributed by atoms with Crippen molar-refractivity contribution in [3.8, 4) is 0 Å². The standard InChI is InChI=1S/C39H58O2/c1-4-5-6-7-8-9-10-11-12-13-14-15-16-17-18-21-29-41-38(40)25-22-28-39(2,3)37-27-26-35-30-33-23-19-20-24-34(33)31-36(35)32-37/h19-20,23-24,26-27,30-32H,4-18,21-22,25,28-29H2,1-3H3. The van der Waals surface area contributed by atoms with Gasteiger partial charge in [0.15, 0.2) is 0 Å². The summed E-state index contributed by atoms with van der Waals surface area (Å²) in [5.41, 5.74) is 1.36. The second-order valence-electron chi connectivity index (χ2n) is 13.0. The van der Waals surface area contributed by atoms with Crippen molar-refractivity contribution >= 4 is 27.5 Å². The van der Waals surface area contributed by atoms with Gasteiger partial charge in [-0.3, -0.25) is 4.79 Å². The Kier molecular flexibility index (Phi) is 15.3. The lowest BCUT2D eigenvalue weighted by Gasteiger charge is -2.25. The molecule has 0 bridgehead atoms. The second kappa shape index (κ2) is 19.0. The van der Waals surface area contributed by atoms with Crippen molar-refractivity contribution in [2.24, 2.45) is 0 Å². The number of rotatable bonds is 22. The van der Waals surface area contributed by atoms with Crippen molar-refractivity contribution in [3.63, 3.8) is 0 Å². The number of ether oxygens (including phenoxy) is 1. The number of hydrogen-bond donors (Lipinski definition) is 0. The fourth-order valence-corrected chi connectivity index (χ4v) is 6.09. The molecule has 0 saturated heterocycles. The largest absolute Gasteiger partial charge is 0.466 e. The highest BCUT2D eigenvalue weighted by atomic mass is 16.5. The fourth-order valence-electron chi connectivity index (χ4n) is 6.09. The van der Waals surface area contributed by atoms with Gasteiger partial charge in [0.1, 0.15) is 0 Å². The van der Waals surface area contributed by atoms with Crippen LogP contribution in [0.2, 0.25) is 0 Å². The van der Waals surface area contributed by atoms with E-state index in [1.54, 1.807) is 0 Å². The summed E-state index contributed by atoms with van der Waals surface area (Å²) in [5, 5.41) is 5.13. The van der Waals surface area contributed by atoms with Crippen LogP contribution in [-0.4, -0.2) is 12.6 Å². The Labute approximate surface area is 251 Å². The van der Waals surface area contributed by atoms with Crippen LogP contribution in [0.25, 0.3) is 21.5 Å². The number of carbonyl (C=O) groups is 1. The predicted molar refractivity (Wildman–Crippen MR) is 179 cm³/mol. The molecule has 2 heteroatoms. The van der Waals surface area contributed by atoms with Crippen LogP contribution in [0, 0.1) is 0 Å². The minimum Gasteiger partial charge on any atom is -0.466 e. The molecule has 0 aliphatic carbocycles. The number of unbranched alkanes of at least 4 members (excludes halogenated alkanes) is 15. The monoisotopic (exact) mass is 558 g/mol. The van der Waals surface area contributed by atoms with Gasteiger partial charge in [0.05, 0.1) is 6.61 Å². The zero-order valence-corrected chi connectivity index (χ0v) is 26.7. The third kappa shape index (κ3) is 12.6. The zero-order valence-electron chi connectivity index (χ0n) is 26.7. The zero-order chi connectivity index (χ0) is 29.2. The van der Waals surface area contributed by atoms with Crippen LogP contribution in [0.15, 0.2) is 54.6 Å². The van der Waals surface area contributed by atoms with E-state index in [1.807, 2.05) is 0 Å². The molecule has 0 fully saturated rings. The molecular weight excluding hydrogens is 500 g/mol. The fraction of sp³-hybridized carbons (Fsp3) is 0.615. The molecule has 0 heterocycles. The molecule has 41 heavy (non-hydrogen) atoms. The van der Waals surface area contributed by atoms with Crippen molar-refractivity contribution in [2.45, 2.75) is 148 Å². The maximum Gasteiger partial charge on any atom is 0.305 e. The van der Waals surface area contributed by atoms with Crippen molar-refractivity contribution in [1.82, 2.24) is 0 Å². The van der Waals surface area contributed by atoms with E-state index < -0.39 is 0 Å². The van der Waals surface area contributed by atoms with Crippen LogP contribution >= 0.6 is 0 Å². The van der Waals surface area contributed by atoms with Gasteiger partial charge in [-0.2, -0.15) is 0 Å². The van der Waals surface area contributed by atoms with E-state index in [9.17, 15) is 4.79 Å². The molecule has 0 aliphatic rings. The predicted octanol–water partition coefficient (Wildman–Crippen LogP) is 12.2. The van der Waals surface area contributed by atoms with Gasteiger partial charge in [-0.25, -0.2) is 0 Å². The van der Waals surface area contributed by atoms with Gasteiger partial charge in [0.25, 0.3) is 0 Å². The Morgan fingerprint density at radius 2 is 1.07 bits per heavy atom. The average Bonchev–Trinajstić information content (AvgIpc) is 2.97. The molecule has 0 N–H and O–H groups in total. The number of hydrogen-bond acceptors (Lipinski definition) is 2. The molecule has 0 radical (unpaired) electrons. The van der Waals surface area contributed by atoms with Gasteiger partial charge in [0, 0.05) is 6.42 Å². The normalized spacial score (nSPS) is 11.9. The number of benzene rings is 3. The third-order valence-corrected chi connectivity index (χ3v) is 8.93. The second-order valence-corrected chi connectivity index (χ2v) is 13.0. The van der Waals surface area contributed by atoms with Crippen LogP contribution < -0.4 is 0 Å². The minimum absolute atomic E-state index is 0.0218. The number of fused-ring (bicyclic) bond motifs is 2.